The maximum absolute atomic E-state index is 12.6. The minimum atomic E-state index is -3.96. The van der Waals surface area contributed by atoms with Crippen LogP contribution in [0.3, 0.4) is 0 Å². The number of aliphatic hydroxyl groups excluding tert-OH is 1. The van der Waals surface area contributed by atoms with E-state index in [0.717, 1.165) is 12.1 Å². The molecular weight excluding hydrogens is 298 g/mol. The Kier molecular flexibility index (Phi) is 4.45. The third-order valence-electron chi connectivity index (χ3n) is 3.63. The Balaban J connectivity index is 2.36. The fraction of sp³-hybridized carbons (Fsp3) is 0.500. The summed E-state index contributed by atoms with van der Waals surface area (Å²) in [5.74, 6) is 0.0762. The van der Waals surface area contributed by atoms with Crippen LogP contribution in [0.1, 0.15) is 12.8 Å². The van der Waals surface area contributed by atoms with Crippen LogP contribution < -0.4 is 5.73 Å². The second-order valence-electron chi connectivity index (χ2n) is 5.01. The number of hydrogen-bond donors (Lipinski definition) is 2. The van der Waals surface area contributed by atoms with Gasteiger partial charge in [0.15, 0.2) is 4.90 Å². The van der Waals surface area contributed by atoms with Crippen molar-refractivity contribution < 1.29 is 18.4 Å². The second-order valence-corrected chi connectivity index (χ2v) is 6.92. The molecule has 1 heterocycles. The van der Waals surface area contributed by atoms with Crippen molar-refractivity contribution in [3.63, 3.8) is 0 Å². The number of nitrogens with two attached hydrogens (primary N) is 1. The maximum atomic E-state index is 12.6. The van der Waals surface area contributed by atoms with Crippen molar-refractivity contribution in [3.8, 4) is 0 Å². The van der Waals surface area contributed by atoms with Crippen molar-refractivity contribution in [2.24, 2.45) is 5.92 Å². The molecule has 1 aromatic rings. The Morgan fingerprint density at radius 1 is 1.38 bits per heavy atom. The van der Waals surface area contributed by atoms with E-state index in [1.807, 2.05) is 0 Å². The molecule has 1 fully saturated rings. The Bertz CT molecular complexity index is 638. The van der Waals surface area contributed by atoms with Crippen molar-refractivity contribution in [1.29, 1.82) is 0 Å². The summed E-state index contributed by atoms with van der Waals surface area (Å²) in [6.07, 6.45) is 1.07. The molecule has 0 radical (unpaired) electrons. The molecule has 0 saturated carbocycles. The van der Waals surface area contributed by atoms with Crippen LogP contribution in [-0.4, -0.2) is 42.4 Å². The van der Waals surface area contributed by atoms with Gasteiger partial charge in [-0.3, -0.25) is 10.1 Å². The molecule has 0 aliphatic carbocycles. The third-order valence-corrected chi connectivity index (χ3v) is 5.56. The number of hydrogen-bond acceptors (Lipinski definition) is 6. The Hall–Kier alpha value is -1.71. The molecule has 0 aromatic heterocycles. The molecule has 1 aliphatic rings. The molecule has 9 heteroatoms. The fourth-order valence-corrected chi connectivity index (χ4v) is 4.02. The van der Waals surface area contributed by atoms with E-state index in [4.69, 9.17) is 10.8 Å². The molecule has 8 nitrogen and oxygen atoms in total. The molecule has 3 N–H and O–H groups in total. The molecule has 0 amide bonds. The van der Waals surface area contributed by atoms with E-state index >= 15 is 0 Å². The monoisotopic (exact) mass is 315 g/mol. The summed E-state index contributed by atoms with van der Waals surface area (Å²) in [7, 11) is -3.96. The molecule has 0 bridgehead atoms. The molecule has 116 valence electrons. The van der Waals surface area contributed by atoms with Gasteiger partial charge in [-0.1, -0.05) is 0 Å². The van der Waals surface area contributed by atoms with Crippen LogP contribution in [0.5, 0.6) is 0 Å². The number of rotatable bonds is 4. The van der Waals surface area contributed by atoms with E-state index in [0.29, 0.717) is 12.8 Å². The predicted octanol–water partition coefficient (Wildman–Crippen LogP) is 0.570. The molecule has 0 atom stereocenters. The topological polar surface area (TPSA) is 127 Å². The standard InChI is InChI=1S/C12H17N3O5S/c13-10-1-2-11(15(17)18)12(7-10)21(19,20)14-5-3-9(8-16)4-6-14/h1-2,7,9,16H,3-6,8,13H2. The quantitative estimate of drug-likeness (QED) is 0.475. The van der Waals surface area contributed by atoms with Crippen molar-refractivity contribution in [2.75, 3.05) is 25.4 Å². The van der Waals surface area contributed by atoms with Gasteiger partial charge in [0, 0.05) is 31.5 Å². The van der Waals surface area contributed by atoms with Crippen molar-refractivity contribution in [1.82, 2.24) is 4.31 Å². The number of piperidine rings is 1. The highest BCUT2D eigenvalue weighted by Gasteiger charge is 2.34. The highest BCUT2D eigenvalue weighted by atomic mass is 32.2. The smallest absolute Gasteiger partial charge is 0.289 e. The number of nitro benzene ring substituents is 1. The molecule has 0 unspecified atom stereocenters. The summed E-state index contributed by atoms with van der Waals surface area (Å²) in [5.41, 5.74) is 5.24. The van der Waals surface area contributed by atoms with E-state index in [1.165, 1.54) is 10.4 Å². The normalized spacial score (nSPS) is 17.8. The number of nitro groups is 1. The van der Waals surface area contributed by atoms with Gasteiger partial charge < -0.3 is 10.8 Å². The Morgan fingerprint density at radius 2 is 2.00 bits per heavy atom. The van der Waals surface area contributed by atoms with E-state index in [1.54, 1.807) is 0 Å². The zero-order chi connectivity index (χ0) is 15.6. The van der Waals surface area contributed by atoms with Crippen LogP contribution in [0.2, 0.25) is 0 Å². The largest absolute Gasteiger partial charge is 0.399 e. The van der Waals surface area contributed by atoms with Crippen molar-refractivity contribution >= 4 is 21.4 Å². The maximum Gasteiger partial charge on any atom is 0.289 e. The fourth-order valence-electron chi connectivity index (χ4n) is 2.36. The van der Waals surface area contributed by atoms with Crippen LogP contribution in [0, 0.1) is 16.0 Å². The lowest BCUT2D eigenvalue weighted by molar-refractivity contribution is -0.387. The van der Waals surface area contributed by atoms with E-state index in [-0.39, 0.29) is 36.2 Å². The van der Waals surface area contributed by atoms with Gasteiger partial charge in [-0.05, 0) is 30.9 Å². The first-order valence-corrected chi connectivity index (χ1v) is 7.95. The average molecular weight is 315 g/mol. The lowest BCUT2D eigenvalue weighted by atomic mass is 10.00. The molecule has 1 saturated heterocycles. The summed E-state index contributed by atoms with van der Waals surface area (Å²) in [4.78, 5) is 9.90. The first-order valence-electron chi connectivity index (χ1n) is 6.51. The number of benzene rings is 1. The molecule has 1 aliphatic heterocycles. The second kappa shape index (κ2) is 5.96. The van der Waals surface area contributed by atoms with Crippen LogP contribution in [0.4, 0.5) is 11.4 Å². The summed E-state index contributed by atoms with van der Waals surface area (Å²) < 4.78 is 26.3. The van der Waals surface area contributed by atoms with Gasteiger partial charge in [-0.15, -0.1) is 0 Å². The minimum Gasteiger partial charge on any atom is -0.399 e. The van der Waals surface area contributed by atoms with Gasteiger partial charge in [-0.2, -0.15) is 4.31 Å². The van der Waals surface area contributed by atoms with Crippen LogP contribution in [0.25, 0.3) is 0 Å². The van der Waals surface area contributed by atoms with Gasteiger partial charge in [0.1, 0.15) is 0 Å². The Labute approximate surface area is 122 Å². The van der Waals surface area contributed by atoms with Gasteiger partial charge >= 0.3 is 0 Å². The third kappa shape index (κ3) is 3.14. The molecular formula is C12H17N3O5S. The first kappa shape index (κ1) is 15.7. The number of aliphatic hydroxyl groups is 1. The summed E-state index contributed by atoms with van der Waals surface area (Å²) in [5, 5.41) is 20.1. The van der Waals surface area contributed by atoms with E-state index in [2.05, 4.69) is 0 Å². The molecule has 2 rings (SSSR count). The van der Waals surface area contributed by atoms with Crippen LogP contribution in [-0.2, 0) is 10.0 Å². The first-order chi connectivity index (χ1) is 9.86. The number of nitrogen functional groups attached to an aromatic ring is 1. The zero-order valence-electron chi connectivity index (χ0n) is 11.3. The Morgan fingerprint density at radius 3 is 2.52 bits per heavy atom. The van der Waals surface area contributed by atoms with Crippen molar-refractivity contribution in [2.45, 2.75) is 17.7 Å². The van der Waals surface area contributed by atoms with Crippen LogP contribution >= 0.6 is 0 Å². The number of anilines is 1. The zero-order valence-corrected chi connectivity index (χ0v) is 12.1. The van der Waals surface area contributed by atoms with Crippen LogP contribution in [0.15, 0.2) is 23.1 Å². The van der Waals surface area contributed by atoms with Crippen molar-refractivity contribution in [3.05, 3.63) is 28.3 Å². The summed E-state index contributed by atoms with van der Waals surface area (Å²) >= 11 is 0. The van der Waals surface area contributed by atoms with Gasteiger partial charge in [-0.25, -0.2) is 8.42 Å². The van der Waals surface area contributed by atoms with Gasteiger partial charge in [0.05, 0.1) is 4.92 Å². The lowest BCUT2D eigenvalue weighted by Gasteiger charge is -2.30. The van der Waals surface area contributed by atoms with E-state index in [9.17, 15) is 18.5 Å². The van der Waals surface area contributed by atoms with Gasteiger partial charge in [0.2, 0.25) is 10.0 Å². The minimum absolute atomic E-state index is 0.0202. The lowest BCUT2D eigenvalue weighted by Crippen LogP contribution is -2.39. The van der Waals surface area contributed by atoms with E-state index < -0.39 is 20.6 Å². The highest BCUT2D eigenvalue weighted by molar-refractivity contribution is 7.89. The molecule has 0 spiro atoms. The molecule has 21 heavy (non-hydrogen) atoms. The number of nitrogens with zero attached hydrogens (tertiary/aromatic N) is 2. The number of sulfonamides is 1. The van der Waals surface area contributed by atoms with Gasteiger partial charge in [0.25, 0.3) is 5.69 Å². The highest BCUT2D eigenvalue weighted by Crippen LogP contribution is 2.30. The predicted molar refractivity (Wildman–Crippen MR) is 76.1 cm³/mol. The average Bonchev–Trinajstić information content (AvgIpc) is 2.47. The SMILES string of the molecule is Nc1ccc([N+](=O)[O-])c(S(=O)(=O)N2CCC(CO)CC2)c1. The summed E-state index contributed by atoms with van der Waals surface area (Å²) in [6.45, 7) is 0.491. The summed E-state index contributed by atoms with van der Waals surface area (Å²) in [6, 6.07) is 3.52. The molecule has 1 aromatic carbocycles.